The molecule has 3 rings (SSSR count). The van der Waals surface area contributed by atoms with Crippen LogP contribution in [0.2, 0.25) is 0 Å². The molecule has 0 saturated carbocycles. The van der Waals surface area contributed by atoms with Crippen molar-refractivity contribution in [1.29, 1.82) is 0 Å². The highest BCUT2D eigenvalue weighted by Crippen LogP contribution is 2.26. The van der Waals surface area contributed by atoms with Gasteiger partial charge in [0.2, 0.25) is 5.91 Å². The Bertz CT molecular complexity index is 876. The number of carbonyl (C=O) groups is 1. The van der Waals surface area contributed by atoms with Crippen LogP contribution in [0.25, 0.3) is 11.0 Å². The number of hydrogen-bond acceptors (Lipinski definition) is 4. The molecule has 1 heterocycles. The number of imidazole rings is 1. The molecule has 24 heavy (non-hydrogen) atoms. The van der Waals surface area contributed by atoms with Gasteiger partial charge in [-0.2, -0.15) is 0 Å². The number of hydrogen-bond donors (Lipinski definition) is 2. The summed E-state index contributed by atoms with van der Waals surface area (Å²) in [5.74, 6) is 0.723. The third kappa shape index (κ3) is 3.54. The molecular weight excluding hydrogens is 322 g/mol. The first kappa shape index (κ1) is 16.4. The molecule has 124 valence electrons. The largest absolute Gasteiger partial charge is 0.497 e. The zero-order valence-corrected chi connectivity index (χ0v) is 14.6. The Labute approximate surface area is 144 Å². The van der Waals surface area contributed by atoms with E-state index >= 15 is 0 Å². The number of fused-ring (bicyclic) bond motifs is 1. The summed E-state index contributed by atoms with van der Waals surface area (Å²) >= 11 is 1.40. The van der Waals surface area contributed by atoms with Gasteiger partial charge in [-0.3, -0.25) is 4.79 Å². The van der Waals surface area contributed by atoms with Crippen LogP contribution in [0.1, 0.15) is 12.5 Å². The van der Waals surface area contributed by atoms with Gasteiger partial charge in [0.1, 0.15) is 5.75 Å². The highest BCUT2D eigenvalue weighted by Gasteiger charge is 2.17. The van der Waals surface area contributed by atoms with Crippen LogP contribution in [0.3, 0.4) is 0 Å². The van der Waals surface area contributed by atoms with Crippen molar-refractivity contribution in [3.05, 3.63) is 48.0 Å². The molecule has 0 bridgehead atoms. The van der Waals surface area contributed by atoms with Crippen LogP contribution in [0.15, 0.2) is 47.6 Å². The number of H-pyrrole nitrogens is 1. The SMILES string of the molecule is COc1ccc2nc(SC(C)C(=O)Nc3ccccc3C)[nH]c2c1. The van der Waals surface area contributed by atoms with Gasteiger partial charge in [-0.15, -0.1) is 0 Å². The van der Waals surface area contributed by atoms with E-state index in [2.05, 4.69) is 15.3 Å². The van der Waals surface area contributed by atoms with Crippen LogP contribution in [-0.2, 0) is 4.79 Å². The summed E-state index contributed by atoms with van der Waals surface area (Å²) in [7, 11) is 1.63. The second kappa shape index (κ2) is 6.97. The number of nitrogens with zero attached hydrogens (tertiary/aromatic N) is 1. The first-order chi connectivity index (χ1) is 11.6. The van der Waals surface area contributed by atoms with Gasteiger partial charge >= 0.3 is 0 Å². The Morgan fingerprint density at radius 3 is 2.83 bits per heavy atom. The molecule has 2 N–H and O–H groups in total. The first-order valence-electron chi connectivity index (χ1n) is 7.63. The number of thioether (sulfide) groups is 1. The molecule has 0 aliphatic rings. The molecule has 3 aromatic rings. The first-order valence-corrected chi connectivity index (χ1v) is 8.51. The predicted octanol–water partition coefficient (Wildman–Crippen LogP) is 4.00. The standard InChI is InChI=1S/C18H19N3O2S/c1-11-6-4-5-7-14(11)19-17(22)12(2)24-18-20-15-9-8-13(23-3)10-16(15)21-18/h4-10,12H,1-3H3,(H,19,22)(H,20,21). The molecule has 1 amide bonds. The Balaban J connectivity index is 1.71. The van der Waals surface area contributed by atoms with Crippen LogP contribution < -0.4 is 10.1 Å². The Kier molecular flexibility index (Phi) is 4.76. The van der Waals surface area contributed by atoms with E-state index in [1.807, 2.05) is 56.3 Å². The number of ether oxygens (including phenoxy) is 1. The maximum Gasteiger partial charge on any atom is 0.237 e. The lowest BCUT2D eigenvalue weighted by atomic mass is 10.2. The number of benzene rings is 2. The highest BCUT2D eigenvalue weighted by molar-refractivity contribution is 8.00. The number of para-hydroxylation sites is 1. The fourth-order valence-electron chi connectivity index (χ4n) is 2.32. The van der Waals surface area contributed by atoms with E-state index in [1.54, 1.807) is 7.11 Å². The maximum atomic E-state index is 12.4. The van der Waals surface area contributed by atoms with E-state index in [0.29, 0.717) is 5.16 Å². The monoisotopic (exact) mass is 341 g/mol. The molecule has 1 unspecified atom stereocenters. The van der Waals surface area contributed by atoms with Crippen LogP contribution in [0, 0.1) is 6.92 Å². The molecule has 0 radical (unpaired) electrons. The van der Waals surface area contributed by atoms with Gasteiger partial charge in [-0.05, 0) is 37.6 Å². The van der Waals surface area contributed by atoms with E-state index in [0.717, 1.165) is 28.0 Å². The Hall–Kier alpha value is -2.47. The normalized spacial score (nSPS) is 12.1. The smallest absolute Gasteiger partial charge is 0.237 e. The second-order valence-corrected chi connectivity index (χ2v) is 6.82. The number of aromatic amines is 1. The minimum Gasteiger partial charge on any atom is -0.497 e. The number of aromatic nitrogens is 2. The van der Waals surface area contributed by atoms with Crippen LogP contribution in [-0.4, -0.2) is 28.2 Å². The molecule has 6 heteroatoms. The zero-order valence-electron chi connectivity index (χ0n) is 13.8. The third-order valence-electron chi connectivity index (χ3n) is 3.73. The summed E-state index contributed by atoms with van der Waals surface area (Å²) in [6.45, 7) is 3.84. The summed E-state index contributed by atoms with van der Waals surface area (Å²) in [5, 5.41) is 3.40. The van der Waals surface area contributed by atoms with Gasteiger partial charge in [0.15, 0.2) is 5.16 Å². The van der Waals surface area contributed by atoms with E-state index in [9.17, 15) is 4.79 Å². The van der Waals surface area contributed by atoms with Gasteiger partial charge in [-0.25, -0.2) is 4.98 Å². The van der Waals surface area contributed by atoms with E-state index < -0.39 is 0 Å². The lowest BCUT2D eigenvalue weighted by molar-refractivity contribution is -0.115. The van der Waals surface area contributed by atoms with Crippen molar-refractivity contribution in [1.82, 2.24) is 9.97 Å². The van der Waals surface area contributed by atoms with Gasteiger partial charge in [-0.1, -0.05) is 30.0 Å². The summed E-state index contributed by atoms with van der Waals surface area (Å²) < 4.78 is 5.21. The number of methoxy groups -OCH3 is 1. The van der Waals surface area contributed by atoms with E-state index in [4.69, 9.17) is 4.74 Å². The summed E-state index contributed by atoms with van der Waals surface area (Å²) in [6.07, 6.45) is 0. The molecule has 0 fully saturated rings. The summed E-state index contributed by atoms with van der Waals surface area (Å²) in [6, 6.07) is 13.4. The lowest BCUT2D eigenvalue weighted by Crippen LogP contribution is -2.22. The molecule has 1 atom stereocenters. The van der Waals surface area contributed by atoms with Crippen molar-refractivity contribution in [2.24, 2.45) is 0 Å². The Morgan fingerprint density at radius 1 is 1.29 bits per heavy atom. The van der Waals surface area contributed by atoms with E-state index in [1.165, 1.54) is 11.8 Å². The number of amides is 1. The van der Waals surface area contributed by atoms with Crippen molar-refractivity contribution in [3.63, 3.8) is 0 Å². The molecule has 0 saturated heterocycles. The minimum atomic E-state index is -0.271. The minimum absolute atomic E-state index is 0.0488. The van der Waals surface area contributed by atoms with Crippen LogP contribution >= 0.6 is 11.8 Å². The molecule has 0 spiro atoms. The molecule has 0 aliphatic heterocycles. The second-order valence-electron chi connectivity index (χ2n) is 5.49. The van der Waals surface area contributed by atoms with Crippen molar-refractivity contribution in [3.8, 4) is 5.75 Å². The van der Waals surface area contributed by atoms with E-state index in [-0.39, 0.29) is 11.2 Å². The number of nitrogens with one attached hydrogen (secondary N) is 2. The third-order valence-corrected chi connectivity index (χ3v) is 4.71. The van der Waals surface area contributed by atoms with Crippen LogP contribution in [0.4, 0.5) is 5.69 Å². The topological polar surface area (TPSA) is 67.0 Å². The average molecular weight is 341 g/mol. The predicted molar refractivity (Wildman–Crippen MR) is 97.8 cm³/mol. The van der Waals surface area contributed by atoms with Gasteiger partial charge in [0, 0.05) is 11.8 Å². The fraction of sp³-hybridized carbons (Fsp3) is 0.222. The molecule has 2 aromatic carbocycles. The van der Waals surface area contributed by atoms with Gasteiger partial charge < -0.3 is 15.0 Å². The maximum absolute atomic E-state index is 12.4. The average Bonchev–Trinajstić information content (AvgIpc) is 2.97. The molecule has 0 aliphatic carbocycles. The number of carbonyl (C=O) groups excluding carboxylic acids is 1. The zero-order chi connectivity index (χ0) is 17.1. The van der Waals surface area contributed by atoms with Gasteiger partial charge in [0.25, 0.3) is 0 Å². The summed E-state index contributed by atoms with van der Waals surface area (Å²) in [4.78, 5) is 20.1. The fourth-order valence-corrected chi connectivity index (χ4v) is 3.14. The quantitative estimate of drug-likeness (QED) is 0.688. The molecular formula is C18H19N3O2S. The Morgan fingerprint density at radius 2 is 2.08 bits per heavy atom. The van der Waals surface area contributed by atoms with Crippen molar-refractivity contribution in [2.75, 3.05) is 12.4 Å². The lowest BCUT2D eigenvalue weighted by Gasteiger charge is -2.12. The molecule has 1 aromatic heterocycles. The molecule has 5 nitrogen and oxygen atoms in total. The van der Waals surface area contributed by atoms with Crippen molar-refractivity contribution >= 4 is 34.4 Å². The van der Waals surface area contributed by atoms with Crippen LogP contribution in [0.5, 0.6) is 5.75 Å². The number of rotatable bonds is 5. The van der Waals surface area contributed by atoms with Crippen molar-refractivity contribution < 1.29 is 9.53 Å². The summed E-state index contributed by atoms with van der Waals surface area (Å²) in [5.41, 5.74) is 3.62. The highest BCUT2D eigenvalue weighted by atomic mass is 32.2. The van der Waals surface area contributed by atoms with Gasteiger partial charge in [0.05, 0.1) is 23.4 Å². The number of aryl methyl sites for hydroxylation is 1. The van der Waals surface area contributed by atoms with Crippen molar-refractivity contribution in [2.45, 2.75) is 24.3 Å². The number of anilines is 1.